The molecule has 0 heterocycles. The van der Waals surface area contributed by atoms with Gasteiger partial charge < -0.3 is 17.7 Å². The minimum Gasteiger partial charge on any atom is -0.491 e. The summed E-state index contributed by atoms with van der Waals surface area (Å²) in [4.78, 5) is 0. The Hall–Kier alpha value is 0.371. The molecular weight excluding hydrogens is 269 g/mol. The molecule has 0 saturated heterocycles. The van der Waals surface area contributed by atoms with E-state index in [0.717, 1.165) is 12.1 Å². The van der Waals surface area contributed by atoms with Gasteiger partial charge in [-0.15, -0.1) is 0 Å². The Morgan fingerprint density at radius 3 is 2.29 bits per heavy atom. The quantitative estimate of drug-likeness (QED) is 0.542. The summed E-state index contributed by atoms with van der Waals surface area (Å²) < 4.78 is 65.7. The monoisotopic (exact) mass is 278 g/mol. The molecular formula is C9H9BF5KO. The number of hydrogen-bond acceptors (Lipinski definition) is 1. The molecule has 0 bridgehead atoms. The second kappa shape index (κ2) is 7.08. The average Bonchev–Trinajstić information content (AvgIpc) is 2.14. The van der Waals surface area contributed by atoms with Crippen molar-refractivity contribution in [1.29, 1.82) is 0 Å². The first-order valence-electron chi connectivity index (χ1n) is 4.52. The van der Waals surface area contributed by atoms with Crippen molar-refractivity contribution in [1.82, 2.24) is 0 Å². The van der Waals surface area contributed by atoms with Crippen molar-refractivity contribution in [2.45, 2.75) is 13.3 Å². The molecule has 0 unspecified atom stereocenters. The van der Waals surface area contributed by atoms with Crippen molar-refractivity contribution in [3.8, 4) is 5.75 Å². The molecule has 0 aliphatic rings. The van der Waals surface area contributed by atoms with Gasteiger partial charge in [0.1, 0.15) is 6.61 Å². The third kappa shape index (κ3) is 5.69. The van der Waals surface area contributed by atoms with E-state index in [0.29, 0.717) is 5.56 Å². The summed E-state index contributed by atoms with van der Waals surface area (Å²) in [6, 6.07) is 3.33. The molecule has 1 aromatic carbocycles. The largest absolute Gasteiger partial charge is 1.00 e. The molecule has 0 radical (unpaired) electrons. The second-order valence-corrected chi connectivity index (χ2v) is 3.32. The Bertz CT molecular complexity index is 369. The van der Waals surface area contributed by atoms with Crippen LogP contribution in [0.5, 0.6) is 5.75 Å². The molecule has 0 amide bonds. The van der Waals surface area contributed by atoms with E-state index in [4.69, 9.17) is 0 Å². The van der Waals surface area contributed by atoms with Crippen LogP contribution < -0.4 is 61.6 Å². The molecule has 8 heteroatoms. The van der Waals surface area contributed by atoms with Gasteiger partial charge in [-0.3, -0.25) is 0 Å². The SMILES string of the molecule is Cc1ccc(OCC(F)F)c([B-](F)(F)F)c1.[K+]. The zero-order valence-corrected chi connectivity index (χ0v) is 12.5. The molecule has 1 rings (SSSR count). The summed E-state index contributed by atoms with van der Waals surface area (Å²) in [5.41, 5.74) is -0.570. The van der Waals surface area contributed by atoms with E-state index >= 15 is 0 Å². The fourth-order valence-electron chi connectivity index (χ4n) is 1.21. The minimum absolute atomic E-state index is 0. The van der Waals surface area contributed by atoms with Crippen molar-refractivity contribution in [2.75, 3.05) is 6.61 Å². The normalized spacial score (nSPS) is 11.2. The van der Waals surface area contributed by atoms with Crippen LogP contribution in [0.1, 0.15) is 5.56 Å². The molecule has 0 atom stereocenters. The third-order valence-electron chi connectivity index (χ3n) is 1.88. The third-order valence-corrected chi connectivity index (χ3v) is 1.88. The van der Waals surface area contributed by atoms with Crippen molar-refractivity contribution >= 4 is 12.4 Å². The van der Waals surface area contributed by atoms with Crippen molar-refractivity contribution in [3.05, 3.63) is 23.8 Å². The molecule has 0 N–H and O–H groups in total. The number of hydrogen-bond donors (Lipinski definition) is 0. The second-order valence-electron chi connectivity index (χ2n) is 3.32. The number of ether oxygens (including phenoxy) is 1. The van der Waals surface area contributed by atoms with Crippen LogP contribution in [0.2, 0.25) is 0 Å². The van der Waals surface area contributed by atoms with Gasteiger partial charge in [-0.05, 0) is 13.0 Å². The zero-order valence-electron chi connectivity index (χ0n) is 9.39. The predicted octanol–water partition coefficient (Wildman–Crippen LogP) is -0.303. The van der Waals surface area contributed by atoms with E-state index in [-0.39, 0.29) is 51.4 Å². The first kappa shape index (κ1) is 17.4. The fourth-order valence-corrected chi connectivity index (χ4v) is 1.21. The van der Waals surface area contributed by atoms with E-state index in [1.165, 1.54) is 13.0 Å². The molecule has 1 nitrogen and oxygen atoms in total. The van der Waals surface area contributed by atoms with E-state index < -0.39 is 31.2 Å². The summed E-state index contributed by atoms with van der Waals surface area (Å²) in [6.07, 6.45) is -2.80. The van der Waals surface area contributed by atoms with Crippen LogP contribution in [0.3, 0.4) is 0 Å². The summed E-state index contributed by atoms with van der Waals surface area (Å²) >= 11 is 0. The Morgan fingerprint density at radius 1 is 1.24 bits per heavy atom. The van der Waals surface area contributed by atoms with Crippen molar-refractivity contribution in [2.24, 2.45) is 0 Å². The predicted molar refractivity (Wildman–Crippen MR) is 51.4 cm³/mol. The van der Waals surface area contributed by atoms with E-state index in [9.17, 15) is 21.7 Å². The molecule has 0 aromatic heterocycles. The van der Waals surface area contributed by atoms with Crippen LogP contribution in [-0.2, 0) is 0 Å². The van der Waals surface area contributed by atoms with E-state index in [1.807, 2.05) is 0 Å². The van der Waals surface area contributed by atoms with Gasteiger partial charge >= 0.3 is 58.4 Å². The summed E-state index contributed by atoms with van der Waals surface area (Å²) in [5, 5.41) is 0. The maximum atomic E-state index is 12.5. The van der Waals surface area contributed by atoms with E-state index in [1.54, 1.807) is 0 Å². The van der Waals surface area contributed by atoms with Gasteiger partial charge in [0.25, 0.3) is 6.43 Å². The molecule has 0 aliphatic heterocycles. The first-order chi connectivity index (χ1) is 7.30. The summed E-state index contributed by atoms with van der Waals surface area (Å²) in [5.74, 6) is -0.543. The molecule has 0 saturated carbocycles. The van der Waals surface area contributed by atoms with Gasteiger partial charge in [-0.1, -0.05) is 23.2 Å². The maximum absolute atomic E-state index is 12.5. The number of benzene rings is 1. The number of halogens is 5. The molecule has 90 valence electrons. The van der Waals surface area contributed by atoms with Crippen LogP contribution in [0.25, 0.3) is 0 Å². The van der Waals surface area contributed by atoms with Crippen LogP contribution in [-0.4, -0.2) is 20.0 Å². The molecule has 17 heavy (non-hydrogen) atoms. The van der Waals surface area contributed by atoms with Crippen LogP contribution in [0.4, 0.5) is 21.7 Å². The fraction of sp³-hybridized carbons (Fsp3) is 0.333. The van der Waals surface area contributed by atoms with Crippen molar-refractivity contribution < 1.29 is 77.8 Å². The Kier molecular flexibility index (Phi) is 7.24. The Balaban J connectivity index is 0.00000256. The van der Waals surface area contributed by atoms with Gasteiger partial charge in [0.05, 0.1) is 5.75 Å². The van der Waals surface area contributed by atoms with Gasteiger partial charge in [-0.2, -0.15) is 0 Å². The van der Waals surface area contributed by atoms with E-state index in [2.05, 4.69) is 4.74 Å². The number of rotatable bonds is 4. The van der Waals surface area contributed by atoms with Gasteiger partial charge in [0, 0.05) is 0 Å². The standard InChI is InChI=1S/C9H9BF5O.K/c1-6-2-3-8(16-5-9(11)12)7(4-6)10(13,14)15;/h2-4,9H,5H2,1H3;/q-1;+1. The summed E-state index contributed by atoms with van der Waals surface area (Å²) in [7, 11) is 0. The molecule has 0 spiro atoms. The van der Waals surface area contributed by atoms with Crippen LogP contribution in [0.15, 0.2) is 18.2 Å². The smallest absolute Gasteiger partial charge is 0.491 e. The Labute approximate surface area is 138 Å². The van der Waals surface area contributed by atoms with Gasteiger partial charge in [0.15, 0.2) is 0 Å². The maximum Gasteiger partial charge on any atom is 1.00 e. The molecule has 0 fully saturated rings. The number of alkyl halides is 2. The minimum atomic E-state index is -5.26. The summed E-state index contributed by atoms with van der Waals surface area (Å²) in [6.45, 7) is -4.81. The Morgan fingerprint density at radius 2 is 1.82 bits per heavy atom. The topological polar surface area (TPSA) is 9.23 Å². The van der Waals surface area contributed by atoms with Gasteiger partial charge in [0.2, 0.25) is 0 Å². The molecule has 1 aromatic rings. The van der Waals surface area contributed by atoms with Crippen LogP contribution in [0, 0.1) is 6.92 Å². The zero-order chi connectivity index (χ0) is 12.3. The van der Waals surface area contributed by atoms with Crippen LogP contribution >= 0.6 is 0 Å². The van der Waals surface area contributed by atoms with Crippen molar-refractivity contribution in [3.63, 3.8) is 0 Å². The first-order valence-corrected chi connectivity index (χ1v) is 4.52. The average molecular weight is 278 g/mol. The van der Waals surface area contributed by atoms with Gasteiger partial charge in [-0.25, -0.2) is 8.78 Å². The molecule has 0 aliphatic carbocycles. The number of aryl methyl sites for hydroxylation is 1.